The average molecular weight is 274 g/mol. The van der Waals surface area contributed by atoms with Crippen LogP contribution in [0.2, 0.25) is 0 Å². The Bertz CT molecular complexity index is 452. The Kier molecular flexibility index (Phi) is 3.99. The molecule has 110 valence electrons. The first-order valence-electron chi connectivity index (χ1n) is 7.82. The van der Waals surface area contributed by atoms with Gasteiger partial charge in [-0.05, 0) is 31.4 Å². The molecular formula is C17H26N2O. The van der Waals surface area contributed by atoms with Gasteiger partial charge in [-0.1, -0.05) is 32.0 Å². The molecule has 2 heterocycles. The van der Waals surface area contributed by atoms with Crippen LogP contribution in [0.15, 0.2) is 24.3 Å². The van der Waals surface area contributed by atoms with Crippen molar-refractivity contribution < 1.29 is 4.74 Å². The number of rotatable bonds is 2. The lowest BCUT2D eigenvalue weighted by molar-refractivity contribution is 0.0380. The largest absolute Gasteiger partial charge is 0.492 e. The van der Waals surface area contributed by atoms with E-state index in [1.165, 1.54) is 25.1 Å². The molecule has 20 heavy (non-hydrogen) atoms. The monoisotopic (exact) mass is 274 g/mol. The van der Waals surface area contributed by atoms with Gasteiger partial charge in [0.2, 0.25) is 0 Å². The minimum atomic E-state index is 0.373. The first kappa shape index (κ1) is 13.9. The summed E-state index contributed by atoms with van der Waals surface area (Å²) >= 11 is 0. The topological polar surface area (TPSA) is 24.5 Å². The number of nitrogens with zero attached hydrogens (tertiary/aromatic N) is 1. The third-order valence-corrected chi connectivity index (χ3v) is 4.73. The molecule has 0 saturated carbocycles. The van der Waals surface area contributed by atoms with Gasteiger partial charge in [0.25, 0.3) is 0 Å². The zero-order valence-electron chi connectivity index (χ0n) is 12.8. The van der Waals surface area contributed by atoms with Crippen LogP contribution in [0.25, 0.3) is 0 Å². The highest BCUT2D eigenvalue weighted by atomic mass is 16.5. The zero-order valence-corrected chi connectivity index (χ0v) is 12.8. The zero-order chi connectivity index (χ0) is 14.1. The van der Waals surface area contributed by atoms with Crippen LogP contribution in [-0.4, -0.2) is 37.7 Å². The molecule has 3 nitrogen and oxygen atoms in total. The van der Waals surface area contributed by atoms with E-state index in [2.05, 4.69) is 55.4 Å². The quantitative estimate of drug-likeness (QED) is 0.897. The summed E-state index contributed by atoms with van der Waals surface area (Å²) in [5.74, 6) is 2.61. The van der Waals surface area contributed by atoms with Gasteiger partial charge in [-0.2, -0.15) is 0 Å². The molecule has 1 saturated heterocycles. The number of hydrogen-bond donors (Lipinski definition) is 1. The molecule has 1 fully saturated rings. The van der Waals surface area contributed by atoms with E-state index in [1.807, 2.05) is 0 Å². The number of ether oxygens (including phenoxy) is 1. The lowest BCUT2D eigenvalue weighted by Gasteiger charge is -2.45. The maximum absolute atomic E-state index is 6.01. The van der Waals surface area contributed by atoms with Crippen LogP contribution in [0.1, 0.15) is 31.9 Å². The second-order valence-corrected chi connectivity index (χ2v) is 6.58. The highest BCUT2D eigenvalue weighted by Crippen LogP contribution is 2.35. The summed E-state index contributed by atoms with van der Waals surface area (Å²) < 4.78 is 6.01. The molecule has 1 N–H and O–H groups in total. The molecule has 0 amide bonds. The van der Waals surface area contributed by atoms with Crippen molar-refractivity contribution >= 4 is 0 Å². The van der Waals surface area contributed by atoms with Crippen LogP contribution in [0, 0.1) is 11.8 Å². The Labute approximate surface area is 122 Å². The molecule has 0 spiro atoms. The molecule has 1 aromatic rings. The number of likely N-dealkylation sites (N-methyl/N-ethyl adjacent to an activating group) is 1. The van der Waals surface area contributed by atoms with Crippen LogP contribution in [0.3, 0.4) is 0 Å². The van der Waals surface area contributed by atoms with Crippen molar-refractivity contribution in [1.29, 1.82) is 0 Å². The summed E-state index contributed by atoms with van der Waals surface area (Å²) in [6.07, 6.45) is 1.35. The number of fused-ring (bicyclic) bond motifs is 1. The van der Waals surface area contributed by atoms with Gasteiger partial charge in [-0.25, -0.2) is 0 Å². The number of piperidine rings is 1. The van der Waals surface area contributed by atoms with E-state index in [1.54, 1.807) is 0 Å². The molecule has 0 aliphatic carbocycles. The summed E-state index contributed by atoms with van der Waals surface area (Å²) in [5, 5.41) is 3.52. The number of benzene rings is 1. The van der Waals surface area contributed by atoms with Gasteiger partial charge in [-0.3, -0.25) is 4.90 Å². The summed E-state index contributed by atoms with van der Waals surface area (Å²) in [6, 6.07) is 9.25. The van der Waals surface area contributed by atoms with E-state index in [0.29, 0.717) is 12.1 Å². The third kappa shape index (κ3) is 2.57. The fourth-order valence-electron chi connectivity index (χ4n) is 3.99. The standard InChI is InChI=1S/C17H26N2O/c1-12-8-13(2)10-19(9-12)15-11-20-16-7-5-4-6-14(16)17(15)18-3/h4-7,12-13,15,17-18H,8-11H2,1-3H3. The van der Waals surface area contributed by atoms with Gasteiger partial charge in [-0.15, -0.1) is 0 Å². The van der Waals surface area contributed by atoms with Crippen molar-refractivity contribution in [2.24, 2.45) is 11.8 Å². The Morgan fingerprint density at radius 3 is 2.55 bits per heavy atom. The van der Waals surface area contributed by atoms with Crippen molar-refractivity contribution in [3.8, 4) is 5.75 Å². The van der Waals surface area contributed by atoms with Crippen molar-refractivity contribution in [1.82, 2.24) is 10.2 Å². The lowest BCUT2D eigenvalue weighted by Crippen LogP contribution is -2.53. The summed E-state index contributed by atoms with van der Waals surface area (Å²) in [7, 11) is 2.07. The Morgan fingerprint density at radius 2 is 1.85 bits per heavy atom. The van der Waals surface area contributed by atoms with Crippen molar-refractivity contribution in [2.45, 2.75) is 32.4 Å². The van der Waals surface area contributed by atoms with Gasteiger partial charge in [0.1, 0.15) is 12.4 Å². The molecule has 4 atom stereocenters. The van der Waals surface area contributed by atoms with Crippen molar-refractivity contribution in [2.75, 3.05) is 26.7 Å². The highest BCUT2D eigenvalue weighted by molar-refractivity contribution is 5.38. The first-order chi connectivity index (χ1) is 9.69. The van der Waals surface area contributed by atoms with E-state index >= 15 is 0 Å². The maximum atomic E-state index is 6.01. The molecule has 0 bridgehead atoms. The van der Waals surface area contributed by atoms with Gasteiger partial charge in [0.15, 0.2) is 0 Å². The second kappa shape index (κ2) is 5.74. The number of para-hydroxylation sites is 1. The van der Waals surface area contributed by atoms with Crippen LogP contribution < -0.4 is 10.1 Å². The molecule has 2 aliphatic rings. The summed E-state index contributed by atoms with van der Waals surface area (Å²) in [5.41, 5.74) is 1.30. The number of hydrogen-bond acceptors (Lipinski definition) is 3. The van der Waals surface area contributed by atoms with E-state index in [4.69, 9.17) is 4.74 Å². The predicted octanol–water partition coefficient (Wildman–Crippen LogP) is 2.69. The van der Waals surface area contributed by atoms with E-state index in [0.717, 1.165) is 24.2 Å². The first-order valence-corrected chi connectivity index (χ1v) is 7.82. The van der Waals surface area contributed by atoms with E-state index in [-0.39, 0.29) is 0 Å². The Hall–Kier alpha value is -1.06. The second-order valence-electron chi connectivity index (χ2n) is 6.58. The number of likely N-dealkylation sites (tertiary alicyclic amines) is 1. The fourth-order valence-corrected chi connectivity index (χ4v) is 3.99. The lowest BCUT2D eigenvalue weighted by atomic mass is 9.88. The Balaban J connectivity index is 1.84. The third-order valence-electron chi connectivity index (χ3n) is 4.73. The predicted molar refractivity (Wildman–Crippen MR) is 82.0 cm³/mol. The molecule has 1 aromatic carbocycles. The van der Waals surface area contributed by atoms with Crippen LogP contribution >= 0.6 is 0 Å². The minimum absolute atomic E-state index is 0.373. The van der Waals surface area contributed by atoms with Crippen LogP contribution in [-0.2, 0) is 0 Å². The maximum Gasteiger partial charge on any atom is 0.124 e. The SMILES string of the molecule is CNC1c2ccccc2OCC1N1CC(C)CC(C)C1. The van der Waals surface area contributed by atoms with Crippen molar-refractivity contribution in [3.63, 3.8) is 0 Å². The van der Waals surface area contributed by atoms with Crippen molar-refractivity contribution in [3.05, 3.63) is 29.8 Å². The van der Waals surface area contributed by atoms with E-state index in [9.17, 15) is 0 Å². The van der Waals surface area contributed by atoms with Gasteiger partial charge in [0.05, 0.1) is 12.1 Å². The molecule has 0 radical (unpaired) electrons. The summed E-state index contributed by atoms with van der Waals surface area (Å²) in [6.45, 7) is 7.92. The van der Waals surface area contributed by atoms with Gasteiger partial charge < -0.3 is 10.1 Å². The van der Waals surface area contributed by atoms with Crippen LogP contribution in [0.5, 0.6) is 5.75 Å². The molecular weight excluding hydrogens is 248 g/mol. The molecule has 2 aliphatic heterocycles. The molecule has 3 rings (SSSR count). The van der Waals surface area contributed by atoms with Crippen LogP contribution in [0.4, 0.5) is 0 Å². The van der Waals surface area contributed by atoms with Gasteiger partial charge in [0, 0.05) is 18.7 Å². The molecule has 0 aromatic heterocycles. The Morgan fingerprint density at radius 1 is 1.15 bits per heavy atom. The molecule has 3 heteroatoms. The fraction of sp³-hybridized carbons (Fsp3) is 0.647. The highest BCUT2D eigenvalue weighted by Gasteiger charge is 2.36. The summed E-state index contributed by atoms with van der Waals surface area (Å²) in [4.78, 5) is 2.63. The van der Waals surface area contributed by atoms with Gasteiger partial charge >= 0.3 is 0 Å². The average Bonchev–Trinajstić information content (AvgIpc) is 2.45. The smallest absolute Gasteiger partial charge is 0.124 e. The molecule has 4 unspecified atom stereocenters. The minimum Gasteiger partial charge on any atom is -0.492 e. The van der Waals surface area contributed by atoms with E-state index < -0.39 is 0 Å². The normalized spacial score (nSPS) is 34.4. The number of nitrogens with one attached hydrogen (secondary N) is 1.